The van der Waals surface area contributed by atoms with Crippen molar-refractivity contribution in [1.29, 1.82) is 0 Å². The molecule has 3 aromatic rings. The van der Waals surface area contributed by atoms with Crippen LogP contribution in [-0.4, -0.2) is 173 Å². The molecule has 1 fully saturated rings. The third kappa shape index (κ3) is 16.7. The van der Waals surface area contributed by atoms with Crippen LogP contribution in [0.3, 0.4) is 0 Å². The van der Waals surface area contributed by atoms with Crippen LogP contribution in [0.4, 0.5) is 0 Å². The highest BCUT2D eigenvalue weighted by Gasteiger charge is 2.42. The normalized spacial score (nSPS) is 18.2. The Morgan fingerprint density at radius 2 is 1.19 bits per heavy atom. The lowest BCUT2D eigenvalue weighted by molar-refractivity contribution is -0.198. The molecule has 81 heavy (non-hydrogen) atoms. The molecular formula is C56H75N3O20S2. The van der Waals surface area contributed by atoms with Gasteiger partial charge in [-0.25, -0.2) is 22.7 Å². The summed E-state index contributed by atoms with van der Waals surface area (Å²) >= 11 is 0. The number of nitrogens with one attached hydrogen (secondary N) is 1. The van der Waals surface area contributed by atoms with Crippen molar-refractivity contribution >= 4 is 49.5 Å². The van der Waals surface area contributed by atoms with Gasteiger partial charge in [0.1, 0.15) is 4.90 Å². The van der Waals surface area contributed by atoms with Crippen molar-refractivity contribution in [2.24, 2.45) is 10.4 Å². The number of carboxylic acids is 1. The van der Waals surface area contributed by atoms with Gasteiger partial charge in [-0.05, 0) is 90.8 Å². The fraction of sp³-hybridized carbons (Fsp3) is 0.589. The Morgan fingerprint density at radius 3 is 1.72 bits per heavy atom. The molecule has 25 heteroatoms. The van der Waals surface area contributed by atoms with E-state index in [1.165, 1.54) is 6.07 Å². The van der Waals surface area contributed by atoms with Gasteiger partial charge in [-0.1, -0.05) is 45.9 Å². The maximum atomic E-state index is 14.9. The van der Waals surface area contributed by atoms with Gasteiger partial charge in [-0.15, -0.1) is 5.06 Å². The maximum absolute atomic E-state index is 14.9. The minimum atomic E-state index is -5.04. The number of carboxylic acid groups (broad SMARTS) is 1. The average molecular weight is 1170 g/mol. The van der Waals surface area contributed by atoms with Crippen LogP contribution in [0.1, 0.15) is 124 Å². The number of sulfonamides is 1. The summed E-state index contributed by atoms with van der Waals surface area (Å²) in [6, 6.07) is 9.82. The van der Waals surface area contributed by atoms with Gasteiger partial charge in [0.25, 0.3) is 21.9 Å². The van der Waals surface area contributed by atoms with E-state index in [1.807, 2.05) is 41.5 Å². The van der Waals surface area contributed by atoms with Gasteiger partial charge in [0.2, 0.25) is 10.0 Å². The second-order valence-corrected chi connectivity index (χ2v) is 24.6. The molecule has 446 valence electrons. The number of aromatic carboxylic acids is 1. The number of hydrogen-bond donors (Lipinski definition) is 3. The zero-order valence-corrected chi connectivity index (χ0v) is 48.5. The first-order valence-corrected chi connectivity index (χ1v) is 30.1. The van der Waals surface area contributed by atoms with E-state index >= 15 is 0 Å². The summed E-state index contributed by atoms with van der Waals surface area (Å²) in [7, 11) is -9.61. The molecule has 1 saturated heterocycles. The van der Waals surface area contributed by atoms with Crippen molar-refractivity contribution in [2.45, 2.75) is 107 Å². The number of carbonyl (C=O) groups is 4. The van der Waals surface area contributed by atoms with E-state index in [1.54, 1.807) is 30.3 Å². The molecule has 0 spiro atoms. The fourth-order valence-electron chi connectivity index (χ4n) is 10.6. The van der Waals surface area contributed by atoms with Crippen molar-refractivity contribution < 1.29 is 93.1 Å². The smallest absolute Gasteiger partial charge is 0.336 e. The maximum Gasteiger partial charge on any atom is 0.336 e. The summed E-state index contributed by atoms with van der Waals surface area (Å²) in [5.41, 5.74) is 1.06. The molecule has 3 heterocycles. The average Bonchev–Trinajstić information content (AvgIpc) is 3.87. The van der Waals surface area contributed by atoms with Crippen LogP contribution in [0.5, 0.6) is 11.5 Å². The van der Waals surface area contributed by atoms with Crippen molar-refractivity contribution in [3.8, 4) is 11.5 Å². The molecule has 3 aliphatic heterocycles. The van der Waals surface area contributed by atoms with Crippen LogP contribution in [0.2, 0.25) is 0 Å². The van der Waals surface area contributed by atoms with E-state index in [4.69, 9.17) is 52.5 Å². The topological polar surface area (TPSA) is 297 Å². The number of carbonyl (C=O) groups excluding carboxylic acids is 3. The van der Waals surface area contributed by atoms with E-state index in [0.29, 0.717) is 101 Å². The van der Waals surface area contributed by atoms with Crippen molar-refractivity contribution in [3.05, 3.63) is 80.4 Å². The Bertz CT molecular complexity index is 3110. The minimum absolute atomic E-state index is 0.0331. The second kappa shape index (κ2) is 28.3. The molecule has 2 amide bonds. The molecule has 23 nitrogen and oxygen atoms in total. The highest BCUT2D eigenvalue weighted by Crippen LogP contribution is 2.51. The first-order valence-electron chi connectivity index (χ1n) is 27.2. The van der Waals surface area contributed by atoms with E-state index in [0.717, 1.165) is 0 Å². The number of fused-ring (bicyclic) bond motifs is 4. The summed E-state index contributed by atoms with van der Waals surface area (Å²) in [6.07, 6.45) is 1.49. The molecular weight excluding hydrogens is 1100 g/mol. The van der Waals surface area contributed by atoms with Crippen LogP contribution in [0.25, 0.3) is 5.57 Å². The monoisotopic (exact) mass is 1170 g/mol. The number of benzene rings is 3. The third-order valence-electron chi connectivity index (χ3n) is 13.9. The van der Waals surface area contributed by atoms with Gasteiger partial charge < -0.3 is 52.6 Å². The highest BCUT2D eigenvalue weighted by molar-refractivity contribution is 7.89. The van der Waals surface area contributed by atoms with Gasteiger partial charge in [-0.2, -0.15) is 8.42 Å². The summed E-state index contributed by atoms with van der Waals surface area (Å²) in [5.74, 6) is -3.98. The number of hydroxylamine groups is 2. The fourth-order valence-corrected chi connectivity index (χ4v) is 12.8. The van der Waals surface area contributed by atoms with E-state index in [-0.39, 0.29) is 138 Å². The van der Waals surface area contributed by atoms with Gasteiger partial charge >= 0.3 is 11.9 Å². The SMILES string of the molecule is CC1CC(C)(C)Cc2c1cc1c(c2S(=O)(=O)O)Oc2c(S(=O)(=O)NCCOCCOCCOCCOCCOCCOCCOCCOCCC(=O)ON3C(=O)CCC3=O)c3c(cc2=C1c1ccccc1C(=O)O)C(C)CC(C)(C)N=3. The van der Waals surface area contributed by atoms with Crippen molar-refractivity contribution in [2.75, 3.05) is 112 Å². The Kier molecular flexibility index (Phi) is 22.1. The second-order valence-electron chi connectivity index (χ2n) is 21.5. The minimum Gasteiger partial charge on any atom is -0.478 e. The summed E-state index contributed by atoms with van der Waals surface area (Å²) < 4.78 is 122. The Morgan fingerprint density at radius 1 is 0.679 bits per heavy atom. The first kappa shape index (κ1) is 63.3. The molecule has 0 bridgehead atoms. The molecule has 0 radical (unpaired) electrons. The summed E-state index contributed by atoms with van der Waals surface area (Å²) in [6.45, 7) is 15.9. The summed E-state index contributed by atoms with van der Waals surface area (Å²) in [4.78, 5) is 56.5. The van der Waals surface area contributed by atoms with Crippen LogP contribution in [0, 0.1) is 5.41 Å². The zero-order valence-electron chi connectivity index (χ0n) is 46.8. The van der Waals surface area contributed by atoms with E-state index in [9.17, 15) is 45.7 Å². The molecule has 2 unspecified atom stereocenters. The van der Waals surface area contributed by atoms with Gasteiger partial charge in [0.05, 0.1) is 129 Å². The molecule has 3 N–H and O–H groups in total. The first-order chi connectivity index (χ1) is 38.5. The lowest BCUT2D eigenvalue weighted by Gasteiger charge is -2.38. The molecule has 2 atom stereocenters. The predicted molar refractivity (Wildman–Crippen MR) is 290 cm³/mol. The number of hydrogen-bond acceptors (Lipinski definition) is 19. The summed E-state index contributed by atoms with van der Waals surface area (Å²) in [5, 5.41) is 11.4. The van der Waals surface area contributed by atoms with Crippen LogP contribution in [-0.2, 0) is 83.7 Å². The lowest BCUT2D eigenvalue weighted by Crippen LogP contribution is -2.41. The highest BCUT2D eigenvalue weighted by atomic mass is 32.2. The van der Waals surface area contributed by atoms with Gasteiger partial charge in [-0.3, -0.25) is 19.1 Å². The van der Waals surface area contributed by atoms with Crippen molar-refractivity contribution in [1.82, 2.24) is 9.79 Å². The largest absolute Gasteiger partial charge is 0.478 e. The Labute approximate surface area is 472 Å². The molecule has 4 aliphatic rings. The molecule has 3 aromatic carbocycles. The lowest BCUT2D eigenvalue weighted by atomic mass is 9.69. The Balaban J connectivity index is 0.843. The van der Waals surface area contributed by atoms with Crippen LogP contribution in [0.15, 0.2) is 51.2 Å². The number of rotatable bonds is 33. The quantitative estimate of drug-likeness (QED) is 0.0339. The predicted octanol–water partition coefficient (Wildman–Crippen LogP) is 4.37. The standard InChI is InChI=1S/C56H75N3O20S2/c1-36-33-55(3,4)35-44-40(36)31-42-48(38-9-7-8-10-39(38)54(63)64)43-32-41-37(2)34-56(5,6)58-49(41)53(51(43)78-50(42)52(44)81(67,68)69)80(65,66)57-14-16-71-18-20-73-22-24-75-26-28-77-30-29-76-27-25-74-23-21-72-19-17-70-15-13-47(62)79-59-45(60)11-12-46(59)61/h7-10,31-32,36-37,57H,11-30,33-35H2,1-6H3,(H,63,64)(H,67,68,69). The third-order valence-corrected chi connectivity index (χ3v) is 16.3. The van der Waals surface area contributed by atoms with Crippen molar-refractivity contribution in [3.63, 3.8) is 0 Å². The molecule has 7 rings (SSSR count). The van der Waals surface area contributed by atoms with Gasteiger partial charge in [0.15, 0.2) is 16.4 Å². The van der Waals surface area contributed by atoms with E-state index < -0.39 is 54.3 Å². The number of amides is 2. The molecule has 0 aromatic heterocycles. The van der Waals surface area contributed by atoms with Crippen LogP contribution < -0.4 is 20.0 Å². The number of ether oxygens (including phenoxy) is 9. The number of nitrogens with zero attached hydrogens (tertiary/aromatic N) is 2. The Hall–Kier alpha value is -5.29. The zero-order chi connectivity index (χ0) is 58.5. The van der Waals surface area contributed by atoms with Gasteiger partial charge in [0, 0.05) is 35.7 Å². The molecule has 1 aliphatic carbocycles. The van der Waals surface area contributed by atoms with Crippen LogP contribution >= 0.6 is 0 Å². The number of imide groups is 1. The van der Waals surface area contributed by atoms with E-state index in [2.05, 4.69) is 4.72 Å². The molecule has 0 saturated carbocycles.